The molecular formula is C20H23NO4S. The standard InChI is InChI=1S/C20H23NO4S/c1-14-5-8-20(15(2)12-14)26(22,23)21-9-3-4-17(21)16-6-7-18-19(13-16)25-11-10-24-18/h5-8,12-13,17H,3-4,9-11H2,1-2H3. The molecule has 1 atom stereocenters. The van der Waals surface area contributed by atoms with Crippen LogP contribution >= 0.6 is 0 Å². The van der Waals surface area contributed by atoms with Gasteiger partial charge < -0.3 is 9.47 Å². The molecule has 4 rings (SSSR count). The quantitative estimate of drug-likeness (QED) is 0.825. The molecule has 2 aromatic rings. The van der Waals surface area contributed by atoms with Gasteiger partial charge in [0, 0.05) is 6.54 Å². The first-order chi connectivity index (χ1) is 12.5. The van der Waals surface area contributed by atoms with E-state index in [9.17, 15) is 8.42 Å². The van der Waals surface area contributed by atoms with Gasteiger partial charge in [0.05, 0.1) is 10.9 Å². The minimum Gasteiger partial charge on any atom is -0.486 e. The van der Waals surface area contributed by atoms with Gasteiger partial charge >= 0.3 is 0 Å². The Labute approximate surface area is 154 Å². The zero-order chi connectivity index (χ0) is 18.3. The molecule has 6 heteroatoms. The summed E-state index contributed by atoms with van der Waals surface area (Å²) < 4.78 is 39.5. The molecule has 0 aliphatic carbocycles. The number of rotatable bonds is 3. The molecule has 138 valence electrons. The molecule has 1 unspecified atom stereocenters. The van der Waals surface area contributed by atoms with E-state index in [0.717, 1.165) is 35.3 Å². The molecule has 2 aliphatic heterocycles. The Morgan fingerprint density at radius 3 is 2.54 bits per heavy atom. The molecule has 2 aromatic carbocycles. The lowest BCUT2D eigenvalue weighted by molar-refractivity contribution is 0.171. The summed E-state index contributed by atoms with van der Waals surface area (Å²) in [5.41, 5.74) is 2.81. The summed E-state index contributed by atoms with van der Waals surface area (Å²) in [5, 5.41) is 0. The van der Waals surface area contributed by atoms with Crippen LogP contribution in [0.25, 0.3) is 0 Å². The van der Waals surface area contributed by atoms with Gasteiger partial charge in [-0.25, -0.2) is 8.42 Å². The number of hydrogen-bond acceptors (Lipinski definition) is 4. The maximum Gasteiger partial charge on any atom is 0.243 e. The van der Waals surface area contributed by atoms with Crippen molar-refractivity contribution in [1.82, 2.24) is 4.31 Å². The third-order valence-corrected chi connectivity index (χ3v) is 7.14. The lowest BCUT2D eigenvalue weighted by atomic mass is 10.0. The maximum atomic E-state index is 13.3. The van der Waals surface area contributed by atoms with Crippen LogP contribution in [0.2, 0.25) is 0 Å². The van der Waals surface area contributed by atoms with Gasteiger partial charge in [0.15, 0.2) is 11.5 Å². The number of nitrogens with zero attached hydrogens (tertiary/aromatic N) is 1. The summed E-state index contributed by atoms with van der Waals surface area (Å²) in [5.74, 6) is 1.42. The second kappa shape index (κ2) is 6.59. The van der Waals surface area contributed by atoms with E-state index in [1.165, 1.54) is 0 Å². The Bertz CT molecular complexity index is 939. The Balaban J connectivity index is 1.70. The van der Waals surface area contributed by atoms with Gasteiger partial charge in [0.2, 0.25) is 10.0 Å². The summed E-state index contributed by atoms with van der Waals surface area (Å²) in [7, 11) is -3.54. The van der Waals surface area contributed by atoms with Crippen LogP contribution in [0.5, 0.6) is 11.5 Å². The number of sulfonamides is 1. The number of fused-ring (bicyclic) bond motifs is 1. The Kier molecular flexibility index (Phi) is 4.40. The van der Waals surface area contributed by atoms with Crippen molar-refractivity contribution in [2.45, 2.75) is 37.6 Å². The van der Waals surface area contributed by atoms with Crippen molar-refractivity contribution in [3.63, 3.8) is 0 Å². The lowest BCUT2D eigenvalue weighted by Gasteiger charge is -2.26. The molecule has 1 saturated heterocycles. The highest BCUT2D eigenvalue weighted by molar-refractivity contribution is 7.89. The van der Waals surface area contributed by atoms with Crippen LogP contribution in [0, 0.1) is 13.8 Å². The number of benzene rings is 2. The normalized spacial score (nSPS) is 20.3. The van der Waals surface area contributed by atoms with E-state index in [1.807, 2.05) is 44.2 Å². The van der Waals surface area contributed by atoms with E-state index in [2.05, 4.69) is 0 Å². The van der Waals surface area contributed by atoms with Crippen LogP contribution < -0.4 is 9.47 Å². The Morgan fingerprint density at radius 2 is 1.77 bits per heavy atom. The third kappa shape index (κ3) is 2.97. The van der Waals surface area contributed by atoms with E-state index in [0.29, 0.717) is 30.4 Å². The maximum absolute atomic E-state index is 13.3. The molecule has 0 spiro atoms. The van der Waals surface area contributed by atoms with Crippen LogP contribution in [0.15, 0.2) is 41.3 Å². The van der Waals surface area contributed by atoms with Crippen molar-refractivity contribution >= 4 is 10.0 Å². The van der Waals surface area contributed by atoms with Gasteiger partial charge in [-0.15, -0.1) is 0 Å². The van der Waals surface area contributed by atoms with Crippen molar-refractivity contribution < 1.29 is 17.9 Å². The van der Waals surface area contributed by atoms with E-state index < -0.39 is 10.0 Å². The topological polar surface area (TPSA) is 55.8 Å². The van der Waals surface area contributed by atoms with Crippen LogP contribution in [0.1, 0.15) is 35.6 Å². The highest BCUT2D eigenvalue weighted by Crippen LogP contribution is 2.40. The van der Waals surface area contributed by atoms with Gasteiger partial charge in [-0.3, -0.25) is 0 Å². The number of hydrogen-bond donors (Lipinski definition) is 0. The molecule has 0 saturated carbocycles. The first-order valence-corrected chi connectivity index (χ1v) is 10.4. The van der Waals surface area contributed by atoms with Gasteiger partial charge in [-0.1, -0.05) is 23.8 Å². The van der Waals surface area contributed by atoms with Crippen molar-refractivity contribution in [2.75, 3.05) is 19.8 Å². The number of aryl methyl sites for hydroxylation is 2. The summed E-state index contributed by atoms with van der Waals surface area (Å²) in [6.45, 7) is 5.43. The second-order valence-corrected chi connectivity index (χ2v) is 8.80. The summed E-state index contributed by atoms with van der Waals surface area (Å²) in [6, 6.07) is 11.1. The largest absolute Gasteiger partial charge is 0.486 e. The molecule has 0 N–H and O–H groups in total. The highest BCUT2D eigenvalue weighted by Gasteiger charge is 2.37. The highest BCUT2D eigenvalue weighted by atomic mass is 32.2. The average Bonchev–Trinajstić information content (AvgIpc) is 3.11. The molecule has 0 radical (unpaired) electrons. The summed E-state index contributed by atoms with van der Waals surface area (Å²) >= 11 is 0. The van der Waals surface area contributed by atoms with Crippen molar-refractivity contribution in [2.24, 2.45) is 0 Å². The van der Waals surface area contributed by atoms with Crippen LogP contribution in [0.4, 0.5) is 0 Å². The average molecular weight is 373 g/mol. The van der Waals surface area contributed by atoms with Gasteiger partial charge in [-0.2, -0.15) is 4.31 Å². The SMILES string of the molecule is Cc1ccc(S(=O)(=O)N2CCCC2c2ccc3c(c2)OCCO3)c(C)c1. The molecular weight excluding hydrogens is 350 g/mol. The zero-order valence-electron chi connectivity index (χ0n) is 15.1. The zero-order valence-corrected chi connectivity index (χ0v) is 15.9. The minimum atomic E-state index is -3.54. The smallest absolute Gasteiger partial charge is 0.243 e. The lowest BCUT2D eigenvalue weighted by Crippen LogP contribution is -2.31. The monoisotopic (exact) mass is 373 g/mol. The van der Waals surface area contributed by atoms with Gasteiger partial charge in [0.1, 0.15) is 13.2 Å². The molecule has 0 aromatic heterocycles. The molecule has 0 bridgehead atoms. The van der Waals surface area contributed by atoms with Crippen molar-refractivity contribution in [3.8, 4) is 11.5 Å². The Morgan fingerprint density at radius 1 is 1.00 bits per heavy atom. The molecule has 2 heterocycles. The van der Waals surface area contributed by atoms with Gasteiger partial charge in [0.25, 0.3) is 0 Å². The first-order valence-electron chi connectivity index (χ1n) is 8.95. The van der Waals surface area contributed by atoms with E-state index in [4.69, 9.17) is 9.47 Å². The van der Waals surface area contributed by atoms with Crippen molar-refractivity contribution in [3.05, 3.63) is 53.1 Å². The fourth-order valence-corrected chi connectivity index (χ4v) is 5.73. The fourth-order valence-electron chi connectivity index (χ4n) is 3.84. The van der Waals surface area contributed by atoms with Crippen LogP contribution in [0.3, 0.4) is 0 Å². The second-order valence-electron chi connectivity index (χ2n) is 6.95. The molecule has 26 heavy (non-hydrogen) atoms. The van der Waals surface area contributed by atoms with E-state index >= 15 is 0 Å². The fraction of sp³-hybridized carbons (Fsp3) is 0.400. The Hall–Kier alpha value is -2.05. The van der Waals surface area contributed by atoms with E-state index in [-0.39, 0.29) is 6.04 Å². The first kappa shape index (κ1) is 17.4. The summed E-state index contributed by atoms with van der Waals surface area (Å²) in [6.07, 6.45) is 1.66. The molecule has 1 fully saturated rings. The predicted molar refractivity (Wildman–Crippen MR) is 99.2 cm³/mol. The van der Waals surface area contributed by atoms with E-state index in [1.54, 1.807) is 10.4 Å². The molecule has 5 nitrogen and oxygen atoms in total. The summed E-state index contributed by atoms with van der Waals surface area (Å²) in [4.78, 5) is 0.396. The molecule has 2 aliphatic rings. The van der Waals surface area contributed by atoms with Crippen LogP contribution in [-0.2, 0) is 10.0 Å². The van der Waals surface area contributed by atoms with Gasteiger partial charge in [-0.05, 0) is 56.0 Å². The molecule has 0 amide bonds. The minimum absolute atomic E-state index is 0.170. The van der Waals surface area contributed by atoms with Crippen LogP contribution in [-0.4, -0.2) is 32.5 Å². The number of ether oxygens (including phenoxy) is 2. The third-order valence-electron chi connectivity index (χ3n) is 5.07. The van der Waals surface area contributed by atoms with Crippen molar-refractivity contribution in [1.29, 1.82) is 0 Å². The predicted octanol–water partition coefficient (Wildman–Crippen LogP) is 3.60.